The van der Waals surface area contributed by atoms with Crippen LogP contribution >= 0.6 is 12.2 Å². The molecule has 0 unspecified atom stereocenters. The summed E-state index contributed by atoms with van der Waals surface area (Å²) in [6.07, 6.45) is 9.70. The second-order valence-corrected chi connectivity index (χ2v) is 6.12. The molecule has 0 saturated heterocycles. The number of aromatic nitrogens is 4. The molecule has 122 valence electrons. The summed E-state index contributed by atoms with van der Waals surface area (Å²) < 4.78 is 3.42. The Hall–Kier alpha value is -3.12. The lowest BCUT2D eigenvalue weighted by Gasteiger charge is -2.13. The number of para-hydroxylation sites is 1. The molecular weight excluding hydrogens is 332 g/mol. The lowest BCUT2D eigenvalue weighted by atomic mass is 10.1. The van der Waals surface area contributed by atoms with Crippen LogP contribution in [0, 0.1) is 0 Å². The number of nitrogens with zero attached hydrogens (tertiary/aromatic N) is 4. The van der Waals surface area contributed by atoms with E-state index < -0.39 is 0 Å². The molecule has 0 aliphatic heterocycles. The average molecular weight is 346 g/mol. The molecule has 2 heterocycles. The maximum atomic E-state index is 12.4. The zero-order chi connectivity index (χ0) is 17.2. The maximum absolute atomic E-state index is 12.4. The van der Waals surface area contributed by atoms with E-state index in [4.69, 9.17) is 12.2 Å². The molecule has 6 heteroatoms. The second-order valence-electron chi connectivity index (χ2n) is 5.60. The van der Waals surface area contributed by atoms with Crippen LogP contribution < -0.4 is 5.43 Å². The van der Waals surface area contributed by atoms with Gasteiger partial charge in [-0.15, -0.1) is 0 Å². The topological polar surface area (TPSA) is 52.7 Å². The highest BCUT2D eigenvalue weighted by Crippen LogP contribution is 2.20. The van der Waals surface area contributed by atoms with Crippen molar-refractivity contribution in [3.8, 4) is 17.1 Å². The lowest BCUT2D eigenvalue weighted by Crippen LogP contribution is -2.16. The lowest BCUT2D eigenvalue weighted by molar-refractivity contribution is 0.826. The van der Waals surface area contributed by atoms with Gasteiger partial charge in [-0.2, -0.15) is 10.2 Å². The second kappa shape index (κ2) is 6.41. The molecule has 0 fully saturated rings. The molecule has 0 atom stereocenters. The zero-order valence-corrected chi connectivity index (χ0v) is 14.1. The number of hydrogen-bond acceptors (Lipinski definition) is 4. The van der Waals surface area contributed by atoms with Gasteiger partial charge in [0.2, 0.25) is 5.43 Å². The van der Waals surface area contributed by atoms with E-state index in [2.05, 4.69) is 10.2 Å². The fourth-order valence-corrected chi connectivity index (χ4v) is 2.95. The first-order chi connectivity index (χ1) is 12.2. The van der Waals surface area contributed by atoms with Crippen molar-refractivity contribution in [1.29, 1.82) is 0 Å². The van der Waals surface area contributed by atoms with E-state index in [1.54, 1.807) is 27.8 Å². The van der Waals surface area contributed by atoms with E-state index in [0.29, 0.717) is 17.8 Å². The SMILES string of the molecule is O=c1ccn(C2=CC=CC(=S)C2)nc1-c1ccnn1-c1ccccc1. The van der Waals surface area contributed by atoms with Crippen molar-refractivity contribution < 1.29 is 0 Å². The fraction of sp³-hybridized carbons (Fsp3) is 0.0526. The van der Waals surface area contributed by atoms with E-state index in [9.17, 15) is 4.79 Å². The van der Waals surface area contributed by atoms with E-state index in [1.165, 1.54) is 6.07 Å². The van der Waals surface area contributed by atoms with E-state index >= 15 is 0 Å². The largest absolute Gasteiger partial charge is 0.287 e. The minimum Gasteiger partial charge on any atom is -0.287 e. The van der Waals surface area contributed by atoms with Crippen molar-refractivity contribution in [2.24, 2.45) is 0 Å². The fourth-order valence-electron chi connectivity index (χ4n) is 2.72. The Labute approximate surface area is 149 Å². The normalized spacial score (nSPS) is 13.8. The Morgan fingerprint density at radius 1 is 1.08 bits per heavy atom. The smallest absolute Gasteiger partial charge is 0.209 e. The van der Waals surface area contributed by atoms with Crippen LogP contribution in [0.4, 0.5) is 0 Å². The van der Waals surface area contributed by atoms with E-state index in [1.807, 2.05) is 48.6 Å². The molecule has 0 N–H and O–H groups in total. The van der Waals surface area contributed by atoms with Crippen LogP contribution in [0.5, 0.6) is 0 Å². The Morgan fingerprint density at radius 3 is 2.72 bits per heavy atom. The van der Waals surface area contributed by atoms with Gasteiger partial charge in [0.15, 0.2) is 5.69 Å². The Bertz CT molecular complexity index is 1060. The Balaban J connectivity index is 1.83. The summed E-state index contributed by atoms with van der Waals surface area (Å²) in [5.74, 6) is 0. The van der Waals surface area contributed by atoms with Crippen molar-refractivity contribution in [2.45, 2.75) is 6.42 Å². The maximum Gasteiger partial charge on any atom is 0.209 e. The number of thiocarbonyl (C=S) groups is 1. The van der Waals surface area contributed by atoms with E-state index in [0.717, 1.165) is 16.2 Å². The van der Waals surface area contributed by atoms with Crippen LogP contribution in [0.25, 0.3) is 22.8 Å². The predicted octanol–water partition coefficient (Wildman–Crippen LogP) is 3.27. The Kier molecular flexibility index (Phi) is 3.95. The molecule has 4 rings (SSSR count). The first kappa shape index (κ1) is 15.4. The molecule has 25 heavy (non-hydrogen) atoms. The minimum absolute atomic E-state index is 0.150. The highest BCUT2D eigenvalue weighted by atomic mass is 32.1. The summed E-state index contributed by atoms with van der Waals surface area (Å²) in [6.45, 7) is 0. The van der Waals surface area contributed by atoms with Gasteiger partial charge in [0.05, 0.1) is 17.6 Å². The minimum atomic E-state index is -0.150. The van der Waals surface area contributed by atoms with Gasteiger partial charge in [-0.05, 0) is 30.4 Å². The van der Waals surface area contributed by atoms with Gasteiger partial charge in [-0.25, -0.2) is 9.36 Å². The molecular formula is C19H14N4OS. The summed E-state index contributed by atoms with van der Waals surface area (Å²) in [6, 6.07) is 13.0. The molecule has 0 radical (unpaired) electrons. The summed E-state index contributed by atoms with van der Waals surface area (Å²) in [5, 5.41) is 8.88. The molecule has 1 aliphatic carbocycles. The summed E-state index contributed by atoms with van der Waals surface area (Å²) in [7, 11) is 0. The van der Waals surface area contributed by atoms with Gasteiger partial charge in [0.1, 0.15) is 0 Å². The summed E-state index contributed by atoms with van der Waals surface area (Å²) in [5.41, 5.74) is 2.66. The molecule has 1 aromatic carbocycles. The first-order valence-electron chi connectivity index (χ1n) is 7.82. The van der Waals surface area contributed by atoms with Gasteiger partial charge in [0.25, 0.3) is 0 Å². The van der Waals surface area contributed by atoms with Crippen molar-refractivity contribution in [1.82, 2.24) is 19.6 Å². The predicted molar refractivity (Wildman–Crippen MR) is 102 cm³/mol. The molecule has 1 aliphatic rings. The number of hydrogen-bond donors (Lipinski definition) is 0. The summed E-state index contributed by atoms with van der Waals surface area (Å²) in [4.78, 5) is 13.3. The van der Waals surface area contributed by atoms with Crippen LogP contribution in [0.2, 0.25) is 0 Å². The van der Waals surface area contributed by atoms with Crippen LogP contribution in [0.15, 0.2) is 77.9 Å². The van der Waals surface area contributed by atoms with Gasteiger partial charge in [0, 0.05) is 29.2 Å². The van der Waals surface area contributed by atoms with Crippen molar-refractivity contribution in [3.63, 3.8) is 0 Å². The summed E-state index contributed by atoms with van der Waals surface area (Å²) >= 11 is 5.26. The quantitative estimate of drug-likeness (QED) is 0.683. The van der Waals surface area contributed by atoms with Crippen LogP contribution in [0.3, 0.4) is 0 Å². The molecule has 0 bridgehead atoms. The standard InChI is InChI=1S/C19H14N4OS/c24-18-10-12-22(15-7-4-8-16(25)13-15)21-19(18)17-9-11-20-23(17)14-5-2-1-3-6-14/h1-12H,13H2. The van der Waals surface area contributed by atoms with Crippen molar-refractivity contribution in [2.75, 3.05) is 0 Å². The van der Waals surface area contributed by atoms with Gasteiger partial charge in [-0.3, -0.25) is 4.79 Å². The first-order valence-corrected chi connectivity index (χ1v) is 8.23. The van der Waals surface area contributed by atoms with E-state index in [-0.39, 0.29) is 5.43 Å². The zero-order valence-electron chi connectivity index (χ0n) is 13.2. The monoisotopic (exact) mass is 346 g/mol. The van der Waals surface area contributed by atoms with Gasteiger partial charge >= 0.3 is 0 Å². The molecule has 0 spiro atoms. The third kappa shape index (κ3) is 2.99. The highest BCUT2D eigenvalue weighted by molar-refractivity contribution is 7.80. The third-order valence-electron chi connectivity index (χ3n) is 3.91. The average Bonchev–Trinajstić information content (AvgIpc) is 3.12. The van der Waals surface area contributed by atoms with Crippen molar-refractivity contribution >= 4 is 22.8 Å². The molecule has 3 aromatic rings. The van der Waals surface area contributed by atoms with Crippen molar-refractivity contribution in [3.05, 3.63) is 83.3 Å². The molecule has 5 nitrogen and oxygen atoms in total. The van der Waals surface area contributed by atoms with Gasteiger partial charge < -0.3 is 0 Å². The number of rotatable bonds is 3. The molecule has 2 aromatic heterocycles. The number of allylic oxidation sites excluding steroid dienone is 4. The Morgan fingerprint density at radius 2 is 1.92 bits per heavy atom. The molecule has 0 amide bonds. The highest BCUT2D eigenvalue weighted by Gasteiger charge is 2.14. The van der Waals surface area contributed by atoms with Crippen LogP contribution in [-0.2, 0) is 0 Å². The third-order valence-corrected chi connectivity index (χ3v) is 4.20. The van der Waals surface area contributed by atoms with Gasteiger partial charge in [-0.1, -0.05) is 36.5 Å². The number of benzene rings is 1. The van der Waals surface area contributed by atoms with Crippen LogP contribution in [-0.4, -0.2) is 24.4 Å². The molecule has 0 saturated carbocycles. The van der Waals surface area contributed by atoms with Crippen LogP contribution in [0.1, 0.15) is 6.42 Å².